The van der Waals surface area contributed by atoms with Gasteiger partial charge in [0.2, 0.25) is 0 Å². The summed E-state index contributed by atoms with van der Waals surface area (Å²) in [6, 6.07) is 5.09. The molecule has 1 aromatic rings. The molecule has 0 saturated carbocycles. The van der Waals surface area contributed by atoms with Crippen LogP contribution in [0.1, 0.15) is 13.8 Å². The van der Waals surface area contributed by atoms with E-state index in [1.165, 1.54) is 31.3 Å². The minimum absolute atomic E-state index is 0.172. The summed E-state index contributed by atoms with van der Waals surface area (Å²) >= 11 is 12.2. The molecule has 1 heterocycles. The number of ketones is 1. The van der Waals surface area contributed by atoms with Gasteiger partial charge >= 0.3 is 0 Å². The van der Waals surface area contributed by atoms with E-state index < -0.39 is 5.72 Å². The van der Waals surface area contributed by atoms with E-state index in [9.17, 15) is 9.90 Å². The lowest BCUT2D eigenvalue weighted by Gasteiger charge is -2.29. The highest BCUT2D eigenvalue weighted by molar-refractivity contribution is 6.39. The van der Waals surface area contributed by atoms with Crippen LogP contribution in [-0.4, -0.2) is 23.0 Å². The Hall–Kier alpha value is -1.36. The van der Waals surface area contributed by atoms with Gasteiger partial charge in [0.25, 0.3) is 0 Å². The first kappa shape index (κ1) is 14.1. The molecule has 0 bridgehead atoms. The molecule has 2 rings (SSSR count). The van der Waals surface area contributed by atoms with E-state index in [0.717, 1.165) is 0 Å². The summed E-state index contributed by atoms with van der Waals surface area (Å²) in [5, 5.41) is 10.9. The lowest BCUT2D eigenvalue weighted by atomic mass is 10.0. The van der Waals surface area contributed by atoms with Gasteiger partial charge in [-0.2, -0.15) is 0 Å². The maximum Gasteiger partial charge on any atom is 0.185 e. The smallest absolute Gasteiger partial charge is 0.185 e. The summed E-state index contributed by atoms with van der Waals surface area (Å²) in [6.07, 6.45) is 2.88. The van der Waals surface area contributed by atoms with Crippen molar-refractivity contribution in [3.63, 3.8) is 0 Å². The molecule has 0 fully saturated rings. The lowest BCUT2D eigenvalue weighted by Crippen LogP contribution is -2.36. The quantitative estimate of drug-likeness (QED) is 0.913. The van der Waals surface area contributed by atoms with E-state index in [4.69, 9.17) is 23.2 Å². The zero-order valence-corrected chi connectivity index (χ0v) is 11.9. The Bertz CT molecular complexity index is 574. The molecule has 1 aromatic carbocycles. The summed E-state index contributed by atoms with van der Waals surface area (Å²) in [6.45, 7) is 2.82. The van der Waals surface area contributed by atoms with Crippen LogP contribution in [-0.2, 0) is 4.79 Å². The number of nitrogens with zero attached hydrogens (tertiary/aromatic N) is 2. The average molecular weight is 299 g/mol. The number of anilines is 1. The minimum Gasteiger partial charge on any atom is -0.365 e. The maximum absolute atomic E-state index is 11.6. The second kappa shape index (κ2) is 4.96. The fourth-order valence-electron chi connectivity index (χ4n) is 1.82. The first-order valence-corrected chi connectivity index (χ1v) is 6.32. The number of hydrogen-bond acceptors (Lipinski definition) is 4. The summed E-state index contributed by atoms with van der Waals surface area (Å²) in [5.41, 5.74) is -0.842. The van der Waals surface area contributed by atoms with Crippen molar-refractivity contribution in [1.82, 2.24) is 0 Å². The van der Waals surface area contributed by atoms with E-state index in [1.807, 2.05) is 0 Å². The average Bonchev–Trinajstić information content (AvgIpc) is 2.30. The molecule has 1 unspecified atom stereocenters. The Morgan fingerprint density at radius 3 is 2.47 bits per heavy atom. The molecule has 1 aliphatic heterocycles. The summed E-state index contributed by atoms with van der Waals surface area (Å²) in [5.74, 6) is -0.268. The molecule has 19 heavy (non-hydrogen) atoms. The highest BCUT2D eigenvalue weighted by Gasteiger charge is 2.32. The third-order valence-corrected chi connectivity index (χ3v) is 3.40. The number of para-hydroxylation sites is 1. The molecular formula is C13H12Cl2N2O2. The molecule has 6 heteroatoms. The van der Waals surface area contributed by atoms with Crippen molar-refractivity contribution in [2.45, 2.75) is 19.6 Å². The summed E-state index contributed by atoms with van der Waals surface area (Å²) in [4.78, 5) is 17.0. The molecule has 1 aliphatic rings. The molecule has 0 aromatic heterocycles. The topological polar surface area (TPSA) is 52.9 Å². The first-order valence-electron chi connectivity index (χ1n) is 5.56. The van der Waals surface area contributed by atoms with Crippen LogP contribution in [0.25, 0.3) is 0 Å². The van der Waals surface area contributed by atoms with Crippen LogP contribution in [0.5, 0.6) is 0 Å². The van der Waals surface area contributed by atoms with Crippen molar-refractivity contribution in [2.24, 2.45) is 4.99 Å². The Kier molecular flexibility index (Phi) is 3.67. The van der Waals surface area contributed by atoms with Gasteiger partial charge in [-0.25, -0.2) is 4.99 Å². The molecule has 4 nitrogen and oxygen atoms in total. The van der Waals surface area contributed by atoms with Crippen LogP contribution in [0.2, 0.25) is 10.0 Å². The second-order valence-electron chi connectivity index (χ2n) is 4.34. The van der Waals surface area contributed by atoms with Gasteiger partial charge in [0.1, 0.15) is 0 Å². The standard InChI is InChI=1S/C13H12Cl2N2O2/c1-8(18)9-6-17(7-16-13(9,2)19)12-10(14)4-3-5-11(12)15/h3-7,19H,1-2H3. The fourth-order valence-corrected chi connectivity index (χ4v) is 2.41. The van der Waals surface area contributed by atoms with Crippen molar-refractivity contribution in [1.29, 1.82) is 0 Å². The minimum atomic E-state index is -1.53. The summed E-state index contributed by atoms with van der Waals surface area (Å²) in [7, 11) is 0. The summed E-state index contributed by atoms with van der Waals surface area (Å²) < 4.78 is 0. The van der Waals surface area contributed by atoms with E-state index >= 15 is 0 Å². The number of carbonyl (C=O) groups is 1. The molecule has 0 spiro atoms. The fraction of sp³-hybridized carbons (Fsp3) is 0.231. The van der Waals surface area contributed by atoms with Crippen molar-refractivity contribution in [2.75, 3.05) is 4.90 Å². The van der Waals surface area contributed by atoms with Crippen LogP contribution in [0.3, 0.4) is 0 Å². The number of benzene rings is 1. The number of Topliss-reactive ketones (excluding diaryl/α,β-unsaturated/α-hetero) is 1. The van der Waals surface area contributed by atoms with Gasteiger partial charge in [-0.3, -0.25) is 4.79 Å². The predicted octanol–water partition coefficient (Wildman–Crippen LogP) is 3.02. The van der Waals surface area contributed by atoms with Crippen LogP contribution in [0.15, 0.2) is 35.0 Å². The zero-order valence-electron chi connectivity index (χ0n) is 10.4. The van der Waals surface area contributed by atoms with Gasteiger partial charge in [0.15, 0.2) is 11.5 Å². The normalized spacial score (nSPS) is 22.4. The van der Waals surface area contributed by atoms with Crippen molar-refractivity contribution >= 4 is 41.0 Å². The number of halogens is 2. The molecule has 1 atom stereocenters. The lowest BCUT2D eigenvalue weighted by molar-refractivity contribution is -0.115. The molecule has 100 valence electrons. The van der Waals surface area contributed by atoms with Crippen LogP contribution in [0.4, 0.5) is 5.69 Å². The van der Waals surface area contributed by atoms with Crippen LogP contribution < -0.4 is 4.90 Å². The first-order chi connectivity index (χ1) is 8.83. The van der Waals surface area contributed by atoms with E-state index in [2.05, 4.69) is 4.99 Å². The van der Waals surface area contributed by atoms with Gasteiger partial charge in [-0.15, -0.1) is 0 Å². The monoisotopic (exact) mass is 298 g/mol. The third-order valence-electron chi connectivity index (χ3n) is 2.79. The molecular weight excluding hydrogens is 287 g/mol. The maximum atomic E-state index is 11.6. The number of carbonyl (C=O) groups excluding carboxylic acids is 1. The third kappa shape index (κ3) is 2.66. The van der Waals surface area contributed by atoms with E-state index in [0.29, 0.717) is 15.7 Å². The van der Waals surface area contributed by atoms with Gasteiger partial charge in [-0.05, 0) is 26.0 Å². The van der Waals surface area contributed by atoms with Crippen molar-refractivity contribution in [3.8, 4) is 0 Å². The highest BCUT2D eigenvalue weighted by atomic mass is 35.5. The van der Waals surface area contributed by atoms with Gasteiger partial charge in [-0.1, -0.05) is 29.3 Å². The molecule has 0 aliphatic carbocycles. The van der Waals surface area contributed by atoms with Gasteiger partial charge < -0.3 is 10.0 Å². The number of aliphatic imine (C=N–C) groups is 1. The van der Waals surface area contributed by atoms with E-state index in [-0.39, 0.29) is 11.4 Å². The Morgan fingerprint density at radius 2 is 1.95 bits per heavy atom. The second-order valence-corrected chi connectivity index (χ2v) is 5.16. The Balaban J connectivity index is 2.51. The van der Waals surface area contributed by atoms with Crippen molar-refractivity contribution in [3.05, 3.63) is 40.0 Å². The highest BCUT2D eigenvalue weighted by Crippen LogP contribution is 2.35. The van der Waals surface area contributed by atoms with Crippen LogP contribution >= 0.6 is 23.2 Å². The van der Waals surface area contributed by atoms with Crippen LogP contribution in [0, 0.1) is 0 Å². The largest absolute Gasteiger partial charge is 0.365 e. The number of rotatable bonds is 2. The number of hydrogen-bond donors (Lipinski definition) is 1. The molecule has 0 saturated heterocycles. The molecule has 0 amide bonds. The molecule has 0 radical (unpaired) electrons. The predicted molar refractivity (Wildman–Crippen MR) is 76.8 cm³/mol. The SMILES string of the molecule is CC(=O)C1=CN(c2c(Cl)cccc2Cl)C=NC1(C)O. The Morgan fingerprint density at radius 1 is 1.37 bits per heavy atom. The van der Waals surface area contributed by atoms with Crippen molar-refractivity contribution < 1.29 is 9.90 Å². The Labute approximate surface area is 121 Å². The van der Waals surface area contributed by atoms with Gasteiger partial charge in [0.05, 0.1) is 27.6 Å². The number of aliphatic hydroxyl groups is 1. The molecule has 1 N–H and O–H groups in total. The van der Waals surface area contributed by atoms with E-state index in [1.54, 1.807) is 18.2 Å². The van der Waals surface area contributed by atoms with Gasteiger partial charge in [0, 0.05) is 6.20 Å². The zero-order chi connectivity index (χ0) is 14.2.